The molecule has 0 spiro atoms. The van der Waals surface area contributed by atoms with Crippen molar-refractivity contribution in [2.24, 2.45) is 0 Å². The monoisotopic (exact) mass is 312 g/mol. The second kappa shape index (κ2) is 7.22. The van der Waals surface area contributed by atoms with Gasteiger partial charge in [-0.1, -0.05) is 24.8 Å². The van der Waals surface area contributed by atoms with Crippen LogP contribution in [0.5, 0.6) is 5.75 Å². The highest BCUT2D eigenvalue weighted by Crippen LogP contribution is 2.21. The number of nitro groups is 1. The van der Waals surface area contributed by atoms with Crippen LogP contribution in [0, 0.1) is 17.0 Å². The Labute approximate surface area is 133 Å². The predicted octanol–water partition coefficient (Wildman–Crippen LogP) is 3.72. The highest BCUT2D eigenvalue weighted by Gasteiger charge is 2.15. The Morgan fingerprint density at radius 2 is 2.13 bits per heavy atom. The van der Waals surface area contributed by atoms with E-state index in [1.165, 1.54) is 6.07 Å². The van der Waals surface area contributed by atoms with E-state index in [1.54, 1.807) is 49.4 Å². The molecule has 0 aliphatic carbocycles. The first-order valence-electron chi connectivity index (χ1n) is 6.91. The van der Waals surface area contributed by atoms with Crippen LogP contribution >= 0.6 is 0 Å². The maximum atomic E-state index is 12.2. The molecule has 0 aromatic heterocycles. The van der Waals surface area contributed by atoms with Gasteiger partial charge in [-0.15, -0.1) is 0 Å². The van der Waals surface area contributed by atoms with Gasteiger partial charge in [0.1, 0.15) is 12.4 Å². The lowest BCUT2D eigenvalue weighted by Gasteiger charge is -2.08. The van der Waals surface area contributed by atoms with E-state index in [-0.39, 0.29) is 11.3 Å². The number of rotatable bonds is 6. The van der Waals surface area contributed by atoms with Gasteiger partial charge >= 0.3 is 0 Å². The second-order valence-corrected chi connectivity index (χ2v) is 4.84. The lowest BCUT2D eigenvalue weighted by Crippen LogP contribution is -2.12. The topological polar surface area (TPSA) is 81.5 Å². The van der Waals surface area contributed by atoms with Gasteiger partial charge in [-0.2, -0.15) is 0 Å². The van der Waals surface area contributed by atoms with Crippen molar-refractivity contribution in [2.45, 2.75) is 6.92 Å². The fraction of sp³-hybridized carbons (Fsp3) is 0.118. The lowest BCUT2D eigenvalue weighted by molar-refractivity contribution is -0.385. The molecular weight excluding hydrogens is 296 g/mol. The van der Waals surface area contributed by atoms with E-state index in [9.17, 15) is 14.9 Å². The first-order chi connectivity index (χ1) is 11.0. The zero-order valence-corrected chi connectivity index (χ0v) is 12.6. The molecule has 2 aromatic rings. The van der Waals surface area contributed by atoms with Crippen molar-refractivity contribution in [1.82, 2.24) is 0 Å². The molecule has 2 aromatic carbocycles. The van der Waals surface area contributed by atoms with Crippen molar-refractivity contribution in [2.75, 3.05) is 11.9 Å². The molecule has 6 nitrogen and oxygen atoms in total. The molecule has 2 rings (SSSR count). The smallest absolute Gasteiger partial charge is 0.273 e. The molecule has 0 unspecified atom stereocenters. The fourth-order valence-electron chi connectivity index (χ4n) is 1.97. The van der Waals surface area contributed by atoms with Gasteiger partial charge in [-0.05, 0) is 25.1 Å². The molecule has 23 heavy (non-hydrogen) atoms. The van der Waals surface area contributed by atoms with Gasteiger partial charge in [0.2, 0.25) is 0 Å². The lowest BCUT2D eigenvalue weighted by atomic mass is 10.1. The number of nitro benzene ring substituents is 1. The first kappa shape index (κ1) is 16.2. The van der Waals surface area contributed by atoms with Crippen LogP contribution in [-0.4, -0.2) is 17.4 Å². The van der Waals surface area contributed by atoms with Crippen molar-refractivity contribution in [1.29, 1.82) is 0 Å². The van der Waals surface area contributed by atoms with Crippen LogP contribution in [0.15, 0.2) is 55.1 Å². The predicted molar refractivity (Wildman–Crippen MR) is 87.9 cm³/mol. The van der Waals surface area contributed by atoms with Crippen molar-refractivity contribution in [3.05, 3.63) is 76.4 Å². The third-order valence-corrected chi connectivity index (χ3v) is 3.13. The molecule has 0 saturated heterocycles. The number of anilines is 1. The van der Waals surface area contributed by atoms with Crippen LogP contribution in [-0.2, 0) is 0 Å². The Morgan fingerprint density at radius 3 is 2.83 bits per heavy atom. The van der Waals surface area contributed by atoms with Crippen LogP contribution in [0.3, 0.4) is 0 Å². The number of ether oxygens (including phenoxy) is 1. The number of carbonyl (C=O) groups is 1. The molecule has 0 fully saturated rings. The van der Waals surface area contributed by atoms with Crippen molar-refractivity contribution in [3.8, 4) is 5.75 Å². The summed E-state index contributed by atoms with van der Waals surface area (Å²) in [6, 6.07) is 11.3. The van der Waals surface area contributed by atoms with Gasteiger partial charge in [-0.25, -0.2) is 0 Å². The van der Waals surface area contributed by atoms with E-state index in [4.69, 9.17) is 4.74 Å². The van der Waals surface area contributed by atoms with Crippen LogP contribution in [0.1, 0.15) is 15.9 Å². The molecule has 1 amide bonds. The molecule has 0 bridgehead atoms. The molecule has 0 aliphatic heterocycles. The van der Waals surface area contributed by atoms with Gasteiger partial charge < -0.3 is 10.1 Å². The molecule has 118 valence electrons. The zero-order valence-electron chi connectivity index (χ0n) is 12.6. The standard InChI is InChI=1S/C17H16N2O4/c1-3-9-23-15-6-4-5-14(11-15)18-17(20)13-8-7-12(2)16(10-13)19(21)22/h3-8,10-11H,1,9H2,2H3,(H,18,20). The maximum Gasteiger partial charge on any atom is 0.273 e. The number of aryl methyl sites for hydroxylation is 1. The van der Waals surface area contributed by atoms with E-state index >= 15 is 0 Å². The summed E-state index contributed by atoms with van der Waals surface area (Å²) >= 11 is 0. The van der Waals surface area contributed by atoms with Crippen LogP contribution < -0.4 is 10.1 Å². The van der Waals surface area contributed by atoms with Crippen LogP contribution in [0.2, 0.25) is 0 Å². The first-order valence-corrected chi connectivity index (χ1v) is 6.91. The summed E-state index contributed by atoms with van der Waals surface area (Å²) in [7, 11) is 0. The van der Waals surface area contributed by atoms with Crippen molar-refractivity contribution < 1.29 is 14.5 Å². The third-order valence-electron chi connectivity index (χ3n) is 3.13. The summed E-state index contributed by atoms with van der Waals surface area (Å²) in [6.07, 6.45) is 1.62. The molecule has 0 atom stereocenters. The number of hydrogen-bond acceptors (Lipinski definition) is 4. The number of nitrogens with zero attached hydrogens (tertiary/aromatic N) is 1. The minimum atomic E-state index is -0.504. The number of amides is 1. The van der Waals surface area contributed by atoms with E-state index < -0.39 is 10.8 Å². The van der Waals surface area contributed by atoms with Gasteiger partial charge in [0.05, 0.1) is 4.92 Å². The molecular formula is C17H16N2O4. The molecule has 6 heteroatoms. The summed E-state index contributed by atoms with van der Waals surface area (Å²) in [5.41, 5.74) is 1.19. The van der Waals surface area contributed by atoms with E-state index in [0.29, 0.717) is 23.6 Å². The molecule has 0 heterocycles. The number of hydrogen-bond donors (Lipinski definition) is 1. The van der Waals surface area contributed by atoms with E-state index in [1.807, 2.05) is 0 Å². The second-order valence-electron chi connectivity index (χ2n) is 4.84. The van der Waals surface area contributed by atoms with Crippen LogP contribution in [0.4, 0.5) is 11.4 Å². The Hall–Kier alpha value is -3.15. The highest BCUT2D eigenvalue weighted by molar-refractivity contribution is 6.04. The largest absolute Gasteiger partial charge is 0.489 e. The number of benzene rings is 2. The number of carbonyl (C=O) groups excluding carboxylic acids is 1. The Morgan fingerprint density at radius 1 is 1.35 bits per heavy atom. The molecule has 0 aliphatic rings. The maximum absolute atomic E-state index is 12.2. The van der Waals surface area contributed by atoms with Gasteiger partial charge in [0, 0.05) is 28.9 Å². The summed E-state index contributed by atoms with van der Waals surface area (Å²) in [4.78, 5) is 22.7. The average Bonchev–Trinajstić information content (AvgIpc) is 2.53. The van der Waals surface area contributed by atoms with Gasteiger partial charge in [0.15, 0.2) is 0 Å². The number of nitrogens with one attached hydrogen (secondary N) is 1. The van der Waals surface area contributed by atoms with Crippen molar-refractivity contribution in [3.63, 3.8) is 0 Å². The Balaban J connectivity index is 2.17. The van der Waals surface area contributed by atoms with Crippen molar-refractivity contribution >= 4 is 17.3 Å². The molecule has 0 radical (unpaired) electrons. The quantitative estimate of drug-likeness (QED) is 0.500. The summed E-state index contributed by atoms with van der Waals surface area (Å²) in [5, 5.41) is 13.6. The summed E-state index contributed by atoms with van der Waals surface area (Å²) < 4.78 is 5.39. The van der Waals surface area contributed by atoms with Gasteiger partial charge in [-0.3, -0.25) is 14.9 Å². The average molecular weight is 312 g/mol. The van der Waals surface area contributed by atoms with E-state index in [2.05, 4.69) is 11.9 Å². The van der Waals surface area contributed by atoms with Gasteiger partial charge in [0.25, 0.3) is 11.6 Å². The summed E-state index contributed by atoms with van der Waals surface area (Å²) in [6.45, 7) is 5.55. The normalized spacial score (nSPS) is 9.96. The van der Waals surface area contributed by atoms with Crippen LogP contribution in [0.25, 0.3) is 0 Å². The molecule has 1 N–H and O–H groups in total. The third kappa shape index (κ3) is 4.16. The minimum Gasteiger partial charge on any atom is -0.489 e. The Kier molecular flexibility index (Phi) is 5.09. The fourth-order valence-corrected chi connectivity index (χ4v) is 1.97. The molecule has 0 saturated carbocycles. The highest BCUT2D eigenvalue weighted by atomic mass is 16.6. The zero-order chi connectivity index (χ0) is 16.8. The Bertz CT molecular complexity index is 756. The summed E-state index contributed by atoms with van der Waals surface area (Å²) in [5.74, 6) is 0.173. The minimum absolute atomic E-state index is 0.0827. The van der Waals surface area contributed by atoms with E-state index in [0.717, 1.165) is 0 Å². The SMILES string of the molecule is C=CCOc1cccc(NC(=O)c2ccc(C)c([N+](=O)[O-])c2)c1.